The van der Waals surface area contributed by atoms with E-state index < -0.39 is 0 Å². The number of aromatic nitrogens is 5. The molecule has 1 atom stereocenters. The average molecular weight is 307 g/mol. The number of carbonyl (C=O) groups is 1. The summed E-state index contributed by atoms with van der Waals surface area (Å²) in [7, 11) is 0. The van der Waals surface area contributed by atoms with Crippen LogP contribution in [0.25, 0.3) is 0 Å². The molecule has 1 saturated heterocycles. The molecule has 1 fully saturated rings. The number of hydrogen-bond acceptors (Lipinski definition) is 7. The first-order valence-electron chi connectivity index (χ1n) is 6.90. The highest BCUT2D eigenvalue weighted by atomic mass is 32.1. The summed E-state index contributed by atoms with van der Waals surface area (Å²) < 4.78 is 1.86. The third-order valence-electron chi connectivity index (χ3n) is 3.49. The van der Waals surface area contributed by atoms with Gasteiger partial charge in [0.2, 0.25) is 11.0 Å². The quantitative estimate of drug-likeness (QED) is 0.864. The van der Waals surface area contributed by atoms with E-state index in [1.165, 1.54) is 11.3 Å². The Hall–Kier alpha value is -1.87. The molecule has 112 valence electrons. The largest absolute Gasteiger partial charge is 0.299 e. The van der Waals surface area contributed by atoms with Gasteiger partial charge in [-0.15, -0.1) is 10.2 Å². The van der Waals surface area contributed by atoms with E-state index in [1.54, 1.807) is 18.2 Å². The summed E-state index contributed by atoms with van der Waals surface area (Å²) >= 11 is 1.33. The van der Waals surface area contributed by atoms with Crippen molar-refractivity contribution >= 4 is 22.4 Å². The lowest BCUT2D eigenvalue weighted by atomic mass is 9.98. The van der Waals surface area contributed by atoms with Crippen LogP contribution < -0.4 is 5.32 Å². The van der Waals surface area contributed by atoms with Gasteiger partial charge in [0, 0.05) is 13.1 Å². The van der Waals surface area contributed by atoms with Crippen LogP contribution in [0, 0.1) is 5.92 Å². The van der Waals surface area contributed by atoms with Crippen LogP contribution in [0.5, 0.6) is 0 Å². The lowest BCUT2D eigenvalue weighted by Gasteiger charge is -2.31. The summed E-state index contributed by atoms with van der Waals surface area (Å²) in [6.07, 6.45) is 5.55. The van der Waals surface area contributed by atoms with Gasteiger partial charge in [0.25, 0.3) is 0 Å². The predicted molar refractivity (Wildman–Crippen MR) is 77.7 cm³/mol. The highest BCUT2D eigenvalue weighted by Crippen LogP contribution is 2.18. The summed E-state index contributed by atoms with van der Waals surface area (Å²) in [5.41, 5.74) is 1.60. The SMILES string of the molecule is O=C(CN1CCC[C@@H](Cn2cncn2)C1)Nc1nncs1. The zero-order valence-corrected chi connectivity index (χ0v) is 12.4. The number of nitrogens with zero attached hydrogens (tertiary/aromatic N) is 6. The zero-order valence-electron chi connectivity index (χ0n) is 11.6. The number of likely N-dealkylation sites (tertiary alicyclic amines) is 1. The monoisotopic (exact) mass is 307 g/mol. The third kappa shape index (κ3) is 4.05. The second kappa shape index (κ2) is 6.72. The van der Waals surface area contributed by atoms with Crippen LogP contribution >= 0.6 is 11.3 Å². The van der Waals surface area contributed by atoms with E-state index in [1.807, 2.05) is 4.68 Å². The molecule has 3 heterocycles. The molecule has 8 nitrogen and oxygen atoms in total. The van der Waals surface area contributed by atoms with Gasteiger partial charge in [0.15, 0.2) is 0 Å². The molecule has 1 amide bonds. The molecule has 21 heavy (non-hydrogen) atoms. The number of piperidine rings is 1. The van der Waals surface area contributed by atoms with Crippen molar-refractivity contribution in [1.82, 2.24) is 29.9 Å². The van der Waals surface area contributed by atoms with Gasteiger partial charge in [0.05, 0.1) is 6.54 Å². The van der Waals surface area contributed by atoms with Crippen molar-refractivity contribution in [3.05, 3.63) is 18.2 Å². The van der Waals surface area contributed by atoms with Crippen molar-refractivity contribution in [2.45, 2.75) is 19.4 Å². The zero-order chi connectivity index (χ0) is 14.5. The maximum atomic E-state index is 12.0. The molecule has 1 N–H and O–H groups in total. The number of carbonyl (C=O) groups excluding carboxylic acids is 1. The Morgan fingerprint density at radius 1 is 1.52 bits per heavy atom. The molecular formula is C12H17N7OS. The van der Waals surface area contributed by atoms with Crippen molar-refractivity contribution in [3.8, 4) is 0 Å². The number of anilines is 1. The number of hydrogen-bond donors (Lipinski definition) is 1. The lowest BCUT2D eigenvalue weighted by Crippen LogP contribution is -2.41. The van der Waals surface area contributed by atoms with Crippen molar-refractivity contribution in [2.24, 2.45) is 5.92 Å². The van der Waals surface area contributed by atoms with E-state index in [2.05, 4.69) is 30.5 Å². The minimum absolute atomic E-state index is 0.0341. The van der Waals surface area contributed by atoms with Crippen LogP contribution in [0.4, 0.5) is 5.13 Å². The first-order valence-corrected chi connectivity index (χ1v) is 7.78. The molecule has 0 spiro atoms. The van der Waals surface area contributed by atoms with Gasteiger partial charge < -0.3 is 0 Å². The molecule has 0 bridgehead atoms. The molecular weight excluding hydrogens is 290 g/mol. The summed E-state index contributed by atoms with van der Waals surface area (Å²) in [5, 5.41) is 15.0. The molecule has 0 saturated carbocycles. The van der Waals surface area contributed by atoms with E-state index >= 15 is 0 Å². The van der Waals surface area contributed by atoms with Crippen LogP contribution in [0.15, 0.2) is 18.2 Å². The summed E-state index contributed by atoms with van der Waals surface area (Å²) in [4.78, 5) is 18.1. The van der Waals surface area contributed by atoms with Crippen LogP contribution in [0.2, 0.25) is 0 Å². The number of nitrogens with one attached hydrogen (secondary N) is 1. The predicted octanol–water partition coefficient (Wildman–Crippen LogP) is 0.480. The smallest absolute Gasteiger partial charge is 0.240 e. The minimum atomic E-state index is -0.0341. The van der Waals surface area contributed by atoms with Crippen molar-refractivity contribution < 1.29 is 4.79 Å². The standard InChI is InChI=1S/C12H17N7OS/c20-11(16-12-17-14-9-21-12)6-18-3-1-2-10(4-18)5-19-8-13-7-15-19/h7-10H,1-6H2,(H,16,17,20)/t10-/m1/s1. The Kier molecular flexibility index (Phi) is 4.51. The molecule has 3 rings (SSSR count). The van der Waals surface area contributed by atoms with Gasteiger partial charge in [-0.3, -0.25) is 19.7 Å². The van der Waals surface area contributed by atoms with Gasteiger partial charge in [-0.05, 0) is 25.3 Å². The van der Waals surface area contributed by atoms with Crippen molar-refractivity contribution in [1.29, 1.82) is 0 Å². The van der Waals surface area contributed by atoms with Crippen LogP contribution in [-0.4, -0.2) is 55.4 Å². The van der Waals surface area contributed by atoms with Gasteiger partial charge >= 0.3 is 0 Å². The second-order valence-electron chi connectivity index (χ2n) is 5.15. The van der Waals surface area contributed by atoms with E-state index in [0.717, 1.165) is 32.5 Å². The highest BCUT2D eigenvalue weighted by molar-refractivity contribution is 7.13. The molecule has 0 aromatic carbocycles. The first-order chi connectivity index (χ1) is 10.3. The molecule has 0 unspecified atom stereocenters. The Labute approximate surface area is 126 Å². The molecule has 0 radical (unpaired) electrons. The summed E-state index contributed by atoms with van der Waals surface area (Å²) in [6.45, 7) is 3.11. The van der Waals surface area contributed by atoms with Crippen LogP contribution in [0.1, 0.15) is 12.8 Å². The third-order valence-corrected chi connectivity index (χ3v) is 4.10. The Morgan fingerprint density at radius 3 is 3.24 bits per heavy atom. The normalized spacial score (nSPS) is 19.5. The molecule has 2 aromatic heterocycles. The van der Waals surface area contributed by atoms with E-state index in [0.29, 0.717) is 17.6 Å². The fourth-order valence-electron chi connectivity index (χ4n) is 2.62. The molecule has 1 aliphatic rings. The van der Waals surface area contributed by atoms with Crippen molar-refractivity contribution in [3.63, 3.8) is 0 Å². The Bertz CT molecular complexity index is 556. The second-order valence-corrected chi connectivity index (χ2v) is 5.99. The summed E-state index contributed by atoms with van der Waals surface area (Å²) in [5.74, 6) is 0.475. The van der Waals surface area contributed by atoms with Crippen LogP contribution in [-0.2, 0) is 11.3 Å². The van der Waals surface area contributed by atoms with Crippen molar-refractivity contribution in [2.75, 3.05) is 25.0 Å². The molecule has 0 aliphatic carbocycles. The highest BCUT2D eigenvalue weighted by Gasteiger charge is 2.22. The van der Waals surface area contributed by atoms with Gasteiger partial charge in [-0.25, -0.2) is 4.98 Å². The molecule has 9 heteroatoms. The van der Waals surface area contributed by atoms with E-state index in [9.17, 15) is 4.79 Å². The lowest BCUT2D eigenvalue weighted by molar-refractivity contribution is -0.117. The average Bonchev–Trinajstić information content (AvgIpc) is 3.12. The van der Waals surface area contributed by atoms with Gasteiger partial charge in [0.1, 0.15) is 18.2 Å². The van der Waals surface area contributed by atoms with Crippen LogP contribution in [0.3, 0.4) is 0 Å². The van der Waals surface area contributed by atoms with Gasteiger partial charge in [-0.1, -0.05) is 11.3 Å². The van der Waals surface area contributed by atoms with E-state index in [4.69, 9.17) is 0 Å². The molecule has 2 aromatic rings. The maximum absolute atomic E-state index is 12.0. The van der Waals surface area contributed by atoms with E-state index in [-0.39, 0.29) is 5.91 Å². The van der Waals surface area contributed by atoms with Gasteiger partial charge in [-0.2, -0.15) is 5.10 Å². The topological polar surface area (TPSA) is 88.8 Å². The fraction of sp³-hybridized carbons (Fsp3) is 0.583. The fourth-order valence-corrected chi connectivity index (χ4v) is 3.09. The first kappa shape index (κ1) is 14.1. The maximum Gasteiger partial charge on any atom is 0.240 e. The number of amides is 1. The Morgan fingerprint density at radius 2 is 2.48 bits per heavy atom. The number of rotatable bonds is 5. The molecule has 1 aliphatic heterocycles. The Balaban J connectivity index is 1.48. The minimum Gasteiger partial charge on any atom is -0.299 e. The summed E-state index contributed by atoms with van der Waals surface area (Å²) in [6, 6.07) is 0.